The number of carbonyl (C=O) groups excluding carboxylic acids is 1. The number of carbonyl (C=O) groups is 1. The lowest BCUT2D eigenvalue weighted by atomic mass is 10.00. The number of hydrogen-bond acceptors (Lipinski definition) is 2. The summed E-state index contributed by atoms with van der Waals surface area (Å²) < 4.78 is 0. The summed E-state index contributed by atoms with van der Waals surface area (Å²) in [6.45, 7) is 4.98. The average Bonchev–Trinajstić information content (AvgIpc) is 2.88. The van der Waals surface area contributed by atoms with Gasteiger partial charge in [0, 0.05) is 17.0 Å². The van der Waals surface area contributed by atoms with Gasteiger partial charge >= 0.3 is 0 Å². The van der Waals surface area contributed by atoms with E-state index in [4.69, 9.17) is 0 Å². The molecule has 0 aliphatic carbocycles. The summed E-state index contributed by atoms with van der Waals surface area (Å²) in [5.41, 5.74) is 3.29. The van der Waals surface area contributed by atoms with Crippen LogP contribution in [0.5, 0.6) is 0 Å². The maximum absolute atomic E-state index is 12.6. The molecule has 1 aromatic carbocycles. The molecular weight excluding hydrogens is 254 g/mol. The van der Waals surface area contributed by atoms with Crippen LogP contribution in [0.3, 0.4) is 0 Å². The lowest BCUT2D eigenvalue weighted by Crippen LogP contribution is -2.38. The van der Waals surface area contributed by atoms with E-state index in [-0.39, 0.29) is 11.9 Å². The summed E-state index contributed by atoms with van der Waals surface area (Å²) in [7, 11) is 0. The zero-order valence-electron chi connectivity index (χ0n) is 11.2. The Bertz CT molecular complexity index is 599. The third kappa shape index (κ3) is 2.19. The molecule has 1 aromatic heterocycles. The van der Waals surface area contributed by atoms with Crippen molar-refractivity contribution in [2.45, 2.75) is 26.3 Å². The van der Waals surface area contributed by atoms with Gasteiger partial charge in [0.1, 0.15) is 0 Å². The topological polar surface area (TPSA) is 20.3 Å². The van der Waals surface area contributed by atoms with Crippen molar-refractivity contribution in [2.75, 3.05) is 6.54 Å². The molecule has 0 fully saturated rings. The number of fused-ring (bicyclic) bond motifs is 1. The summed E-state index contributed by atoms with van der Waals surface area (Å²) in [6, 6.07) is 10.2. The summed E-state index contributed by atoms with van der Waals surface area (Å²) >= 11 is 1.80. The molecule has 98 valence electrons. The minimum atomic E-state index is 0.143. The highest BCUT2D eigenvalue weighted by atomic mass is 32.1. The molecule has 1 atom stereocenters. The van der Waals surface area contributed by atoms with Crippen molar-refractivity contribution >= 4 is 17.2 Å². The van der Waals surface area contributed by atoms with Gasteiger partial charge in [0.25, 0.3) is 5.91 Å². The molecule has 1 amide bonds. The minimum absolute atomic E-state index is 0.143. The maximum atomic E-state index is 12.6. The lowest BCUT2D eigenvalue weighted by Gasteiger charge is -2.33. The van der Waals surface area contributed by atoms with Gasteiger partial charge in [0.05, 0.1) is 6.04 Å². The minimum Gasteiger partial charge on any atom is -0.331 e. The normalized spacial score (nSPS) is 18.2. The lowest BCUT2D eigenvalue weighted by molar-refractivity contribution is 0.0679. The van der Waals surface area contributed by atoms with Crippen LogP contribution in [0.2, 0.25) is 0 Å². The Morgan fingerprint density at radius 2 is 2.00 bits per heavy atom. The molecule has 0 saturated heterocycles. The SMILES string of the molecule is Cc1ccc(C(=O)N2CCc3sccc3[C@H]2C)cc1. The quantitative estimate of drug-likeness (QED) is 0.772. The standard InChI is InChI=1S/C16H17NOS/c1-11-3-5-13(6-4-11)16(18)17-9-7-15-14(12(17)2)8-10-19-15/h3-6,8,10,12H,7,9H2,1-2H3/t12-/m1/s1. The van der Waals surface area contributed by atoms with Crippen LogP contribution in [0.15, 0.2) is 35.7 Å². The molecule has 3 rings (SSSR count). The molecule has 1 aliphatic heterocycles. The molecular formula is C16H17NOS. The van der Waals surface area contributed by atoms with Crippen LogP contribution in [0.4, 0.5) is 0 Å². The van der Waals surface area contributed by atoms with Gasteiger partial charge in [-0.05, 0) is 49.4 Å². The van der Waals surface area contributed by atoms with Crippen molar-refractivity contribution < 1.29 is 4.79 Å². The van der Waals surface area contributed by atoms with Crippen molar-refractivity contribution in [2.24, 2.45) is 0 Å². The van der Waals surface area contributed by atoms with E-state index in [0.29, 0.717) is 0 Å². The number of benzene rings is 1. The van der Waals surface area contributed by atoms with E-state index in [1.807, 2.05) is 36.1 Å². The van der Waals surface area contributed by atoms with Gasteiger partial charge in [-0.25, -0.2) is 0 Å². The predicted molar refractivity (Wildman–Crippen MR) is 78.7 cm³/mol. The Morgan fingerprint density at radius 1 is 1.26 bits per heavy atom. The van der Waals surface area contributed by atoms with Gasteiger partial charge in [-0.1, -0.05) is 17.7 Å². The number of nitrogens with zero attached hydrogens (tertiary/aromatic N) is 1. The molecule has 1 aliphatic rings. The van der Waals surface area contributed by atoms with E-state index in [0.717, 1.165) is 18.5 Å². The van der Waals surface area contributed by atoms with Gasteiger partial charge in [0.15, 0.2) is 0 Å². The first-order valence-corrected chi connectivity index (χ1v) is 7.48. The smallest absolute Gasteiger partial charge is 0.254 e. The molecule has 2 aromatic rings. The van der Waals surface area contributed by atoms with E-state index in [1.54, 1.807) is 11.3 Å². The number of amides is 1. The van der Waals surface area contributed by atoms with Crippen LogP contribution in [0.25, 0.3) is 0 Å². The summed E-state index contributed by atoms with van der Waals surface area (Å²) in [4.78, 5) is 16.0. The Labute approximate surface area is 117 Å². The van der Waals surface area contributed by atoms with Crippen LogP contribution in [0.1, 0.15) is 39.3 Å². The highest BCUT2D eigenvalue weighted by Gasteiger charge is 2.28. The van der Waals surface area contributed by atoms with Gasteiger partial charge in [-0.15, -0.1) is 11.3 Å². The zero-order chi connectivity index (χ0) is 13.4. The molecule has 19 heavy (non-hydrogen) atoms. The first-order valence-electron chi connectivity index (χ1n) is 6.60. The van der Waals surface area contributed by atoms with E-state index < -0.39 is 0 Å². The molecule has 3 heteroatoms. The second kappa shape index (κ2) is 4.82. The van der Waals surface area contributed by atoms with Crippen LogP contribution < -0.4 is 0 Å². The Morgan fingerprint density at radius 3 is 2.74 bits per heavy atom. The maximum Gasteiger partial charge on any atom is 0.254 e. The van der Waals surface area contributed by atoms with E-state index in [1.165, 1.54) is 16.0 Å². The third-order valence-corrected chi connectivity index (χ3v) is 4.83. The zero-order valence-corrected chi connectivity index (χ0v) is 12.0. The van der Waals surface area contributed by atoms with Gasteiger partial charge in [-0.2, -0.15) is 0 Å². The summed E-state index contributed by atoms with van der Waals surface area (Å²) in [5.74, 6) is 0.143. The molecule has 0 unspecified atom stereocenters. The second-order valence-electron chi connectivity index (χ2n) is 5.09. The van der Waals surface area contributed by atoms with Crippen LogP contribution >= 0.6 is 11.3 Å². The Balaban J connectivity index is 1.87. The van der Waals surface area contributed by atoms with E-state index >= 15 is 0 Å². The van der Waals surface area contributed by atoms with Crippen LogP contribution in [-0.4, -0.2) is 17.4 Å². The number of rotatable bonds is 1. The average molecular weight is 271 g/mol. The Hall–Kier alpha value is -1.61. The van der Waals surface area contributed by atoms with E-state index in [2.05, 4.69) is 18.4 Å². The van der Waals surface area contributed by atoms with Crippen molar-refractivity contribution in [3.05, 3.63) is 57.3 Å². The van der Waals surface area contributed by atoms with Crippen molar-refractivity contribution in [1.29, 1.82) is 0 Å². The summed E-state index contributed by atoms with van der Waals surface area (Å²) in [5, 5.41) is 2.13. The Kier molecular flexibility index (Phi) is 3.15. The molecule has 0 radical (unpaired) electrons. The fourth-order valence-corrected chi connectivity index (χ4v) is 3.61. The molecule has 0 spiro atoms. The van der Waals surface area contributed by atoms with Crippen molar-refractivity contribution in [3.8, 4) is 0 Å². The highest BCUT2D eigenvalue weighted by molar-refractivity contribution is 7.10. The van der Waals surface area contributed by atoms with Crippen LogP contribution in [-0.2, 0) is 6.42 Å². The highest BCUT2D eigenvalue weighted by Crippen LogP contribution is 2.33. The fraction of sp³-hybridized carbons (Fsp3) is 0.312. The van der Waals surface area contributed by atoms with Crippen LogP contribution in [0, 0.1) is 6.92 Å². The second-order valence-corrected chi connectivity index (χ2v) is 6.09. The first-order chi connectivity index (χ1) is 9.16. The molecule has 2 heterocycles. The molecule has 0 N–H and O–H groups in total. The van der Waals surface area contributed by atoms with Crippen molar-refractivity contribution in [3.63, 3.8) is 0 Å². The van der Waals surface area contributed by atoms with Gasteiger partial charge in [0.2, 0.25) is 0 Å². The first kappa shape index (κ1) is 12.4. The van der Waals surface area contributed by atoms with Crippen molar-refractivity contribution in [1.82, 2.24) is 4.90 Å². The van der Waals surface area contributed by atoms with Gasteiger partial charge < -0.3 is 4.90 Å². The predicted octanol–water partition coefficient (Wildman–Crippen LogP) is 3.82. The van der Waals surface area contributed by atoms with Gasteiger partial charge in [-0.3, -0.25) is 4.79 Å². The molecule has 0 saturated carbocycles. The molecule has 2 nitrogen and oxygen atoms in total. The molecule has 0 bridgehead atoms. The van der Waals surface area contributed by atoms with E-state index in [9.17, 15) is 4.79 Å². The largest absolute Gasteiger partial charge is 0.331 e. The monoisotopic (exact) mass is 271 g/mol. The number of thiophene rings is 1. The summed E-state index contributed by atoms with van der Waals surface area (Å²) in [6.07, 6.45) is 0.981. The third-order valence-electron chi connectivity index (χ3n) is 3.84. The fourth-order valence-electron chi connectivity index (χ4n) is 2.65. The number of aryl methyl sites for hydroxylation is 1. The number of hydrogen-bond donors (Lipinski definition) is 0.